The molecule has 1 aliphatic rings. The number of hydrogen-bond acceptors (Lipinski definition) is 2. The van der Waals surface area contributed by atoms with E-state index in [4.69, 9.17) is 4.74 Å². The van der Waals surface area contributed by atoms with E-state index in [9.17, 15) is 4.79 Å². The lowest BCUT2D eigenvalue weighted by atomic mass is 9.80. The number of ether oxygens (including phenoxy) is 1. The van der Waals surface area contributed by atoms with E-state index in [1.807, 2.05) is 11.8 Å². The van der Waals surface area contributed by atoms with Gasteiger partial charge in [0.1, 0.15) is 0 Å². The van der Waals surface area contributed by atoms with Gasteiger partial charge in [0, 0.05) is 13.1 Å². The predicted octanol–water partition coefficient (Wildman–Crippen LogP) is 3.00. The van der Waals surface area contributed by atoms with Crippen molar-refractivity contribution >= 4 is 6.09 Å². The van der Waals surface area contributed by atoms with Crippen molar-refractivity contribution in [3.63, 3.8) is 0 Å². The zero-order valence-electron chi connectivity index (χ0n) is 11.2. The van der Waals surface area contributed by atoms with Crippen molar-refractivity contribution in [1.29, 1.82) is 0 Å². The SMILES string of the molecule is CCOC(=O)N1CC(C(C)C)C(C(C)C)C1. The minimum Gasteiger partial charge on any atom is -0.450 e. The highest BCUT2D eigenvalue weighted by molar-refractivity contribution is 5.68. The molecule has 1 aliphatic heterocycles. The van der Waals surface area contributed by atoms with E-state index in [-0.39, 0.29) is 6.09 Å². The van der Waals surface area contributed by atoms with Gasteiger partial charge in [-0.05, 0) is 30.6 Å². The second kappa shape index (κ2) is 5.55. The van der Waals surface area contributed by atoms with Crippen LogP contribution in [0.5, 0.6) is 0 Å². The van der Waals surface area contributed by atoms with Crippen LogP contribution >= 0.6 is 0 Å². The Balaban J connectivity index is 2.65. The Bertz CT molecular complexity index is 222. The molecule has 2 unspecified atom stereocenters. The molecule has 2 atom stereocenters. The monoisotopic (exact) mass is 227 g/mol. The third-order valence-electron chi connectivity index (χ3n) is 3.65. The van der Waals surface area contributed by atoms with Crippen LogP contribution in [0.4, 0.5) is 4.79 Å². The van der Waals surface area contributed by atoms with E-state index in [1.165, 1.54) is 0 Å². The molecule has 0 bridgehead atoms. The van der Waals surface area contributed by atoms with Crippen LogP contribution in [0, 0.1) is 23.7 Å². The summed E-state index contributed by atoms with van der Waals surface area (Å²) in [6.07, 6.45) is -0.142. The number of hydrogen-bond donors (Lipinski definition) is 0. The highest BCUT2D eigenvalue weighted by Gasteiger charge is 2.38. The van der Waals surface area contributed by atoms with Gasteiger partial charge < -0.3 is 9.64 Å². The van der Waals surface area contributed by atoms with Crippen molar-refractivity contribution in [2.45, 2.75) is 34.6 Å². The van der Waals surface area contributed by atoms with Gasteiger partial charge in [-0.25, -0.2) is 4.79 Å². The number of amides is 1. The van der Waals surface area contributed by atoms with E-state index < -0.39 is 0 Å². The van der Waals surface area contributed by atoms with Crippen molar-refractivity contribution < 1.29 is 9.53 Å². The fourth-order valence-electron chi connectivity index (χ4n) is 2.63. The summed E-state index contributed by atoms with van der Waals surface area (Å²) in [5.41, 5.74) is 0. The van der Waals surface area contributed by atoms with Crippen LogP contribution in [0.25, 0.3) is 0 Å². The molecule has 3 nitrogen and oxygen atoms in total. The highest BCUT2D eigenvalue weighted by Crippen LogP contribution is 2.34. The Labute approximate surface area is 99.1 Å². The maximum absolute atomic E-state index is 11.7. The maximum atomic E-state index is 11.7. The van der Waals surface area contributed by atoms with Crippen LogP contribution in [0.1, 0.15) is 34.6 Å². The van der Waals surface area contributed by atoms with Gasteiger partial charge in [-0.3, -0.25) is 0 Å². The first-order valence-electron chi connectivity index (χ1n) is 6.39. The Morgan fingerprint density at radius 3 is 1.94 bits per heavy atom. The molecule has 1 amide bonds. The van der Waals surface area contributed by atoms with Crippen LogP contribution in [0.3, 0.4) is 0 Å². The van der Waals surface area contributed by atoms with Gasteiger partial charge in [0.05, 0.1) is 6.61 Å². The molecule has 1 rings (SSSR count). The molecule has 0 spiro atoms. The summed E-state index contributed by atoms with van der Waals surface area (Å²) in [5.74, 6) is 2.49. The van der Waals surface area contributed by atoms with Gasteiger partial charge in [-0.1, -0.05) is 27.7 Å². The maximum Gasteiger partial charge on any atom is 0.409 e. The second-order valence-corrected chi connectivity index (χ2v) is 5.42. The molecule has 0 aromatic carbocycles. The van der Waals surface area contributed by atoms with Crippen LogP contribution < -0.4 is 0 Å². The van der Waals surface area contributed by atoms with Crippen molar-refractivity contribution in [3.05, 3.63) is 0 Å². The predicted molar refractivity (Wildman–Crippen MR) is 65.3 cm³/mol. The summed E-state index contributed by atoms with van der Waals surface area (Å²) in [6, 6.07) is 0. The molecule has 0 aliphatic carbocycles. The minimum atomic E-state index is -0.142. The van der Waals surface area contributed by atoms with Crippen LogP contribution in [-0.2, 0) is 4.74 Å². The molecular weight excluding hydrogens is 202 g/mol. The third kappa shape index (κ3) is 2.89. The minimum absolute atomic E-state index is 0.142. The molecular formula is C13H25NO2. The number of nitrogens with zero attached hydrogens (tertiary/aromatic N) is 1. The molecule has 1 heterocycles. The standard InChI is InChI=1S/C13H25NO2/c1-6-16-13(15)14-7-11(9(2)3)12(8-14)10(4)5/h9-12H,6-8H2,1-5H3. The van der Waals surface area contributed by atoms with Gasteiger partial charge >= 0.3 is 6.09 Å². The van der Waals surface area contributed by atoms with Gasteiger partial charge in [0.25, 0.3) is 0 Å². The molecule has 0 N–H and O–H groups in total. The largest absolute Gasteiger partial charge is 0.450 e. The molecule has 94 valence electrons. The first-order valence-corrected chi connectivity index (χ1v) is 6.39. The summed E-state index contributed by atoms with van der Waals surface area (Å²) in [6.45, 7) is 13.0. The van der Waals surface area contributed by atoms with Crippen molar-refractivity contribution in [2.75, 3.05) is 19.7 Å². The lowest BCUT2D eigenvalue weighted by molar-refractivity contribution is 0.113. The van der Waals surface area contributed by atoms with Gasteiger partial charge in [-0.2, -0.15) is 0 Å². The molecule has 1 saturated heterocycles. The van der Waals surface area contributed by atoms with E-state index in [0.717, 1.165) is 13.1 Å². The average Bonchev–Trinajstić information content (AvgIpc) is 2.62. The van der Waals surface area contributed by atoms with Crippen LogP contribution in [-0.4, -0.2) is 30.7 Å². The number of carbonyl (C=O) groups excluding carboxylic acids is 1. The first kappa shape index (κ1) is 13.3. The Kier molecular flexibility index (Phi) is 4.63. The summed E-state index contributed by atoms with van der Waals surface area (Å²) >= 11 is 0. The summed E-state index contributed by atoms with van der Waals surface area (Å²) in [7, 11) is 0. The molecule has 0 aromatic rings. The number of carbonyl (C=O) groups is 1. The Morgan fingerprint density at radius 2 is 1.62 bits per heavy atom. The average molecular weight is 227 g/mol. The molecule has 16 heavy (non-hydrogen) atoms. The topological polar surface area (TPSA) is 29.5 Å². The Hall–Kier alpha value is -0.730. The van der Waals surface area contributed by atoms with E-state index in [1.54, 1.807) is 0 Å². The van der Waals surface area contributed by atoms with Crippen LogP contribution in [0.15, 0.2) is 0 Å². The zero-order chi connectivity index (χ0) is 12.3. The summed E-state index contributed by atoms with van der Waals surface area (Å²) in [5, 5.41) is 0. The van der Waals surface area contributed by atoms with Crippen molar-refractivity contribution in [1.82, 2.24) is 4.90 Å². The van der Waals surface area contributed by atoms with Crippen molar-refractivity contribution in [2.24, 2.45) is 23.7 Å². The quantitative estimate of drug-likeness (QED) is 0.741. The number of likely N-dealkylation sites (tertiary alicyclic amines) is 1. The van der Waals surface area contributed by atoms with Gasteiger partial charge in [-0.15, -0.1) is 0 Å². The molecule has 0 saturated carbocycles. The van der Waals surface area contributed by atoms with E-state index in [0.29, 0.717) is 30.3 Å². The summed E-state index contributed by atoms with van der Waals surface area (Å²) < 4.78 is 5.07. The van der Waals surface area contributed by atoms with Crippen LogP contribution in [0.2, 0.25) is 0 Å². The molecule has 0 radical (unpaired) electrons. The lowest BCUT2D eigenvalue weighted by Crippen LogP contribution is -2.30. The third-order valence-corrected chi connectivity index (χ3v) is 3.65. The smallest absolute Gasteiger partial charge is 0.409 e. The molecule has 3 heteroatoms. The summed E-state index contributed by atoms with van der Waals surface area (Å²) in [4.78, 5) is 13.6. The first-order chi connectivity index (χ1) is 7.47. The fourth-order valence-corrected chi connectivity index (χ4v) is 2.63. The molecule has 0 aromatic heterocycles. The normalized spacial score (nSPS) is 25.6. The highest BCUT2D eigenvalue weighted by atomic mass is 16.6. The van der Waals surface area contributed by atoms with Crippen molar-refractivity contribution in [3.8, 4) is 0 Å². The van der Waals surface area contributed by atoms with Gasteiger partial charge in [0.2, 0.25) is 0 Å². The van der Waals surface area contributed by atoms with Gasteiger partial charge in [0.15, 0.2) is 0 Å². The zero-order valence-corrected chi connectivity index (χ0v) is 11.2. The second-order valence-electron chi connectivity index (χ2n) is 5.42. The van der Waals surface area contributed by atoms with E-state index >= 15 is 0 Å². The fraction of sp³-hybridized carbons (Fsp3) is 0.923. The number of rotatable bonds is 3. The lowest BCUT2D eigenvalue weighted by Gasteiger charge is -2.24. The van der Waals surface area contributed by atoms with E-state index in [2.05, 4.69) is 27.7 Å². The molecule has 1 fully saturated rings. The Morgan fingerprint density at radius 1 is 1.19 bits per heavy atom.